The van der Waals surface area contributed by atoms with Gasteiger partial charge in [0.25, 0.3) is 5.91 Å². The van der Waals surface area contributed by atoms with Crippen molar-refractivity contribution in [1.82, 2.24) is 9.88 Å². The molecule has 6 nitrogen and oxygen atoms in total. The van der Waals surface area contributed by atoms with E-state index in [2.05, 4.69) is 4.98 Å². The zero-order valence-electron chi connectivity index (χ0n) is 10.4. The second-order valence-electron chi connectivity index (χ2n) is 4.59. The molecule has 0 spiro atoms. The van der Waals surface area contributed by atoms with Gasteiger partial charge in [-0.05, 0) is 18.6 Å². The number of hydrogen-bond donors (Lipinski definition) is 2. The van der Waals surface area contributed by atoms with Crippen LogP contribution in [0, 0.1) is 17.2 Å². The lowest BCUT2D eigenvalue weighted by atomic mass is 9.94. The summed E-state index contributed by atoms with van der Waals surface area (Å²) in [5, 5.41) is 27.5. The molecule has 1 aliphatic rings. The number of aromatic nitrogens is 1. The van der Waals surface area contributed by atoms with E-state index >= 15 is 0 Å². The molecule has 0 saturated carbocycles. The minimum atomic E-state index is -0.700. The first-order chi connectivity index (χ1) is 9.15. The Bertz CT molecular complexity index is 495. The molecule has 1 aromatic heterocycles. The van der Waals surface area contributed by atoms with Gasteiger partial charge in [-0.1, -0.05) is 0 Å². The highest BCUT2D eigenvalue weighted by Gasteiger charge is 2.30. The normalized spacial score (nSPS) is 22.9. The van der Waals surface area contributed by atoms with E-state index in [-0.39, 0.29) is 30.7 Å². The van der Waals surface area contributed by atoms with Gasteiger partial charge in [-0.25, -0.2) is 4.98 Å². The Morgan fingerprint density at radius 3 is 2.89 bits per heavy atom. The number of carbonyl (C=O) groups is 1. The number of piperidine rings is 1. The van der Waals surface area contributed by atoms with Gasteiger partial charge in [-0.15, -0.1) is 0 Å². The van der Waals surface area contributed by atoms with Crippen LogP contribution in [0.15, 0.2) is 18.3 Å². The first-order valence-corrected chi connectivity index (χ1v) is 6.10. The summed E-state index contributed by atoms with van der Waals surface area (Å²) in [6, 6.07) is 4.93. The van der Waals surface area contributed by atoms with Gasteiger partial charge in [-0.3, -0.25) is 4.79 Å². The van der Waals surface area contributed by atoms with Gasteiger partial charge in [0.05, 0.1) is 11.7 Å². The largest absolute Gasteiger partial charge is 0.396 e. The number of amides is 1. The maximum Gasteiger partial charge on any atom is 0.255 e. The molecule has 2 atom stereocenters. The molecule has 1 aliphatic heterocycles. The van der Waals surface area contributed by atoms with Crippen molar-refractivity contribution < 1.29 is 15.0 Å². The Balaban J connectivity index is 2.06. The maximum atomic E-state index is 12.2. The van der Waals surface area contributed by atoms with Crippen molar-refractivity contribution in [3.05, 3.63) is 29.6 Å². The molecule has 2 heterocycles. The lowest BCUT2D eigenvalue weighted by molar-refractivity contribution is 0.000860. The van der Waals surface area contributed by atoms with Crippen molar-refractivity contribution in [1.29, 1.82) is 5.26 Å². The Kier molecular flexibility index (Phi) is 4.10. The third kappa shape index (κ3) is 2.89. The summed E-state index contributed by atoms with van der Waals surface area (Å²) in [4.78, 5) is 17.6. The molecule has 0 aliphatic carbocycles. The van der Waals surface area contributed by atoms with Gasteiger partial charge in [0.2, 0.25) is 0 Å². The van der Waals surface area contributed by atoms with Gasteiger partial charge >= 0.3 is 0 Å². The monoisotopic (exact) mass is 261 g/mol. The standard InChI is InChI=1S/C13H15N3O3/c14-5-11-2-1-9(6-15-11)13(19)16-4-3-10(8-17)12(18)7-16/h1-2,6,10,12,17-18H,3-4,7-8H2/t10-,12-/m1/s1. The lowest BCUT2D eigenvalue weighted by Gasteiger charge is -2.35. The topological polar surface area (TPSA) is 97.5 Å². The van der Waals surface area contributed by atoms with Crippen molar-refractivity contribution in [3.63, 3.8) is 0 Å². The number of nitriles is 1. The van der Waals surface area contributed by atoms with E-state index in [1.165, 1.54) is 12.3 Å². The first kappa shape index (κ1) is 13.5. The molecule has 0 bridgehead atoms. The van der Waals surface area contributed by atoms with Gasteiger partial charge in [0, 0.05) is 31.8 Å². The van der Waals surface area contributed by atoms with Crippen molar-refractivity contribution in [2.75, 3.05) is 19.7 Å². The molecule has 2 N–H and O–H groups in total. The van der Waals surface area contributed by atoms with Crippen molar-refractivity contribution in [2.45, 2.75) is 12.5 Å². The number of aliphatic hydroxyl groups is 2. The molecule has 6 heteroatoms. The van der Waals surface area contributed by atoms with E-state index in [0.717, 1.165) is 0 Å². The summed E-state index contributed by atoms with van der Waals surface area (Å²) in [6.45, 7) is 0.646. The number of likely N-dealkylation sites (tertiary alicyclic amines) is 1. The fourth-order valence-electron chi connectivity index (χ4n) is 2.15. The number of carbonyl (C=O) groups excluding carboxylic acids is 1. The molecule has 1 amide bonds. The maximum absolute atomic E-state index is 12.2. The van der Waals surface area contributed by atoms with Crippen LogP contribution in [0.25, 0.3) is 0 Å². The van der Waals surface area contributed by atoms with E-state index in [1.807, 2.05) is 6.07 Å². The molecule has 19 heavy (non-hydrogen) atoms. The fourth-order valence-corrected chi connectivity index (χ4v) is 2.15. The molecule has 0 unspecified atom stereocenters. The molecule has 2 rings (SSSR count). The van der Waals surface area contributed by atoms with Crippen molar-refractivity contribution >= 4 is 5.91 Å². The zero-order valence-corrected chi connectivity index (χ0v) is 10.4. The average molecular weight is 261 g/mol. The van der Waals surface area contributed by atoms with Crippen LogP contribution in [0.5, 0.6) is 0 Å². The summed E-state index contributed by atoms with van der Waals surface area (Å²) in [5.74, 6) is -0.379. The number of nitrogens with zero attached hydrogens (tertiary/aromatic N) is 3. The van der Waals surface area contributed by atoms with Crippen LogP contribution in [-0.2, 0) is 0 Å². The van der Waals surface area contributed by atoms with Crippen molar-refractivity contribution in [3.8, 4) is 6.07 Å². The average Bonchev–Trinajstić information content (AvgIpc) is 2.46. The van der Waals surface area contributed by atoms with Crippen LogP contribution >= 0.6 is 0 Å². The Morgan fingerprint density at radius 2 is 2.37 bits per heavy atom. The Hall–Kier alpha value is -1.97. The van der Waals surface area contributed by atoms with E-state index in [0.29, 0.717) is 18.5 Å². The number of β-amino-alcohol motifs (C(OH)–C–C–N with tert-alkyl or cyclic N) is 1. The summed E-state index contributed by atoms with van der Waals surface area (Å²) >= 11 is 0. The Labute approximate surface area is 110 Å². The SMILES string of the molecule is N#Cc1ccc(C(=O)N2CC[C@H](CO)[C@H](O)C2)cn1. The highest BCUT2D eigenvalue weighted by Crippen LogP contribution is 2.19. The van der Waals surface area contributed by atoms with E-state index in [1.54, 1.807) is 11.0 Å². The zero-order chi connectivity index (χ0) is 13.8. The van der Waals surface area contributed by atoms with Crippen LogP contribution in [0.3, 0.4) is 0 Å². The van der Waals surface area contributed by atoms with Crippen molar-refractivity contribution in [2.24, 2.45) is 5.92 Å². The molecule has 0 aromatic carbocycles. The van der Waals surface area contributed by atoms with E-state index in [9.17, 15) is 9.90 Å². The number of rotatable bonds is 2. The molecule has 0 radical (unpaired) electrons. The fraction of sp³-hybridized carbons (Fsp3) is 0.462. The van der Waals surface area contributed by atoms with Gasteiger partial charge in [-0.2, -0.15) is 5.26 Å². The number of aliphatic hydroxyl groups excluding tert-OH is 2. The Morgan fingerprint density at radius 1 is 1.58 bits per heavy atom. The highest BCUT2D eigenvalue weighted by molar-refractivity contribution is 5.94. The van der Waals surface area contributed by atoms with Gasteiger partial charge < -0.3 is 15.1 Å². The third-order valence-corrected chi connectivity index (χ3v) is 3.37. The summed E-state index contributed by atoms with van der Waals surface area (Å²) in [5.41, 5.74) is 0.657. The van der Waals surface area contributed by atoms with Gasteiger partial charge in [0.1, 0.15) is 11.8 Å². The first-order valence-electron chi connectivity index (χ1n) is 6.10. The minimum Gasteiger partial charge on any atom is -0.396 e. The molecule has 1 aromatic rings. The summed E-state index contributed by atoms with van der Waals surface area (Å²) in [7, 11) is 0. The predicted molar refractivity (Wildman–Crippen MR) is 66.1 cm³/mol. The summed E-state index contributed by atoms with van der Waals surface area (Å²) < 4.78 is 0. The molecular weight excluding hydrogens is 246 g/mol. The van der Waals surface area contributed by atoms with E-state index in [4.69, 9.17) is 10.4 Å². The van der Waals surface area contributed by atoms with E-state index < -0.39 is 6.10 Å². The second-order valence-corrected chi connectivity index (χ2v) is 4.59. The van der Waals surface area contributed by atoms with Crippen LogP contribution in [0.2, 0.25) is 0 Å². The van der Waals surface area contributed by atoms with Crippen LogP contribution in [0.4, 0.5) is 0 Å². The summed E-state index contributed by atoms with van der Waals surface area (Å²) in [6.07, 6.45) is 1.24. The second kappa shape index (κ2) is 5.78. The van der Waals surface area contributed by atoms with Crippen LogP contribution < -0.4 is 0 Å². The predicted octanol–water partition coefficient (Wildman–Crippen LogP) is -0.231. The molecular formula is C13H15N3O3. The molecule has 1 saturated heterocycles. The van der Waals surface area contributed by atoms with Gasteiger partial charge in [0.15, 0.2) is 0 Å². The quantitative estimate of drug-likeness (QED) is 0.766. The number of hydrogen-bond acceptors (Lipinski definition) is 5. The molecule has 1 fully saturated rings. The molecule has 100 valence electrons. The minimum absolute atomic E-state index is 0.0678. The third-order valence-electron chi connectivity index (χ3n) is 3.37. The smallest absolute Gasteiger partial charge is 0.255 e. The van der Waals surface area contributed by atoms with Crippen LogP contribution in [0.1, 0.15) is 22.5 Å². The highest BCUT2D eigenvalue weighted by atomic mass is 16.3. The number of pyridine rings is 1. The lowest BCUT2D eigenvalue weighted by Crippen LogP contribution is -2.47. The van der Waals surface area contributed by atoms with Crippen LogP contribution in [-0.4, -0.2) is 51.8 Å².